The van der Waals surface area contributed by atoms with Crippen LogP contribution in [0.25, 0.3) is 0 Å². The molecule has 2 heterocycles. The Bertz CT molecular complexity index is 1640. The lowest BCUT2D eigenvalue weighted by Gasteiger charge is -2.46. The molecule has 0 spiro atoms. The topological polar surface area (TPSA) is 228 Å². The molecule has 0 saturated carbocycles. The predicted molar refractivity (Wildman–Crippen MR) is 378 cm³/mol. The number of amides is 1. The highest BCUT2D eigenvalue weighted by Gasteiger charge is 2.51. The molecule has 2 fully saturated rings. The number of ether oxygens (including phenoxy) is 4. The average Bonchev–Trinajstić information content (AvgIpc) is 0.836. The predicted octanol–water partition coefficient (Wildman–Crippen LogP) is 17.5. The molecule has 12 atom stereocenters. The quantitative estimate of drug-likeness (QED) is 0.0204. The molecular formula is C78H149NO13. The largest absolute Gasteiger partial charge is 0.394 e. The number of hydrogen-bond acceptors (Lipinski definition) is 13. The fraction of sp³-hybridized carbons (Fsp3) is 0.936. The molecule has 0 bridgehead atoms. The molecule has 1 amide bonds. The van der Waals surface area contributed by atoms with E-state index in [0.717, 1.165) is 57.8 Å². The van der Waals surface area contributed by atoms with Gasteiger partial charge in [-0.2, -0.15) is 0 Å². The highest BCUT2D eigenvalue weighted by atomic mass is 16.7. The van der Waals surface area contributed by atoms with Crippen LogP contribution in [0.3, 0.4) is 0 Å². The molecule has 0 aromatic carbocycles. The molecule has 2 rings (SSSR count). The maximum absolute atomic E-state index is 13.4. The summed E-state index contributed by atoms with van der Waals surface area (Å²) in [5.41, 5.74) is 0. The molecule has 544 valence electrons. The number of aliphatic hydroxyl groups excluding tert-OH is 8. The van der Waals surface area contributed by atoms with Gasteiger partial charge in [0.1, 0.15) is 48.8 Å². The fourth-order valence-electron chi connectivity index (χ4n) is 13.4. The van der Waals surface area contributed by atoms with E-state index in [2.05, 4.69) is 43.5 Å². The van der Waals surface area contributed by atoms with Crippen molar-refractivity contribution < 1.29 is 64.6 Å². The lowest BCUT2D eigenvalue weighted by Crippen LogP contribution is -2.65. The van der Waals surface area contributed by atoms with E-state index < -0.39 is 86.8 Å². The minimum absolute atomic E-state index is 0.199. The molecule has 0 aliphatic carbocycles. The summed E-state index contributed by atoms with van der Waals surface area (Å²) < 4.78 is 23.0. The second-order valence-electron chi connectivity index (χ2n) is 28.2. The van der Waals surface area contributed by atoms with Crippen molar-refractivity contribution in [3.8, 4) is 0 Å². The SMILES string of the molecule is CCCCCCC/C=C\C/C=C\CCCCCCCCCCCCCCCCCCCC(=O)NC(COC1OC(CO)C(OC2OC(CO)C(O)C(O)C2O)C(O)C1O)C(O)CCCCCCCCCCCCCCCCCCCCCCCCCCCCCCC. The number of hydrogen-bond donors (Lipinski definition) is 9. The van der Waals surface area contributed by atoms with E-state index in [-0.39, 0.29) is 12.5 Å². The minimum Gasteiger partial charge on any atom is -0.394 e. The van der Waals surface area contributed by atoms with Crippen LogP contribution in [-0.2, 0) is 23.7 Å². The number of rotatable bonds is 67. The Labute approximate surface area is 564 Å². The summed E-state index contributed by atoms with van der Waals surface area (Å²) in [5.74, 6) is -0.199. The van der Waals surface area contributed by atoms with Crippen LogP contribution in [0.2, 0.25) is 0 Å². The first-order chi connectivity index (χ1) is 45.1. The molecule has 2 saturated heterocycles. The molecular weight excluding hydrogens is 1160 g/mol. The van der Waals surface area contributed by atoms with Crippen LogP contribution in [0.1, 0.15) is 373 Å². The summed E-state index contributed by atoms with van der Waals surface area (Å²) in [6, 6.07) is -0.829. The van der Waals surface area contributed by atoms with E-state index >= 15 is 0 Å². The number of unbranched alkanes of at least 4 members (excludes halogenated alkanes) is 50. The van der Waals surface area contributed by atoms with E-state index in [9.17, 15) is 45.6 Å². The monoisotopic (exact) mass is 1310 g/mol. The summed E-state index contributed by atoms with van der Waals surface area (Å²) in [4.78, 5) is 13.4. The Morgan fingerprint density at radius 2 is 0.717 bits per heavy atom. The van der Waals surface area contributed by atoms with Gasteiger partial charge in [-0.25, -0.2) is 0 Å². The van der Waals surface area contributed by atoms with Crippen molar-refractivity contribution >= 4 is 5.91 Å². The Morgan fingerprint density at radius 3 is 1.09 bits per heavy atom. The van der Waals surface area contributed by atoms with E-state index in [1.165, 1.54) is 289 Å². The van der Waals surface area contributed by atoms with Gasteiger partial charge in [0, 0.05) is 6.42 Å². The number of nitrogens with one attached hydrogen (secondary N) is 1. The van der Waals surface area contributed by atoms with Gasteiger partial charge in [0.15, 0.2) is 12.6 Å². The first kappa shape index (κ1) is 86.6. The Kier molecular flexibility index (Phi) is 59.2. The van der Waals surface area contributed by atoms with Crippen molar-refractivity contribution in [2.24, 2.45) is 0 Å². The van der Waals surface area contributed by atoms with Crippen molar-refractivity contribution in [3.63, 3.8) is 0 Å². The average molecular weight is 1310 g/mol. The molecule has 2 aliphatic heterocycles. The number of aliphatic hydroxyl groups is 8. The first-order valence-corrected chi connectivity index (χ1v) is 39.6. The summed E-state index contributed by atoms with van der Waals surface area (Å²) in [6.45, 7) is 2.92. The molecule has 0 aromatic rings. The van der Waals surface area contributed by atoms with Gasteiger partial charge >= 0.3 is 0 Å². The minimum atomic E-state index is -1.78. The van der Waals surface area contributed by atoms with Crippen LogP contribution in [0.4, 0.5) is 0 Å². The van der Waals surface area contributed by atoms with E-state index in [1.807, 2.05) is 0 Å². The lowest BCUT2D eigenvalue weighted by atomic mass is 9.97. The van der Waals surface area contributed by atoms with E-state index in [4.69, 9.17) is 18.9 Å². The van der Waals surface area contributed by atoms with Crippen molar-refractivity contribution in [2.75, 3.05) is 19.8 Å². The molecule has 14 heteroatoms. The zero-order chi connectivity index (χ0) is 66.6. The molecule has 9 N–H and O–H groups in total. The highest BCUT2D eigenvalue weighted by molar-refractivity contribution is 5.76. The van der Waals surface area contributed by atoms with Crippen molar-refractivity contribution in [3.05, 3.63) is 24.3 Å². The third kappa shape index (κ3) is 45.9. The molecule has 14 nitrogen and oxygen atoms in total. The van der Waals surface area contributed by atoms with Crippen LogP contribution in [0, 0.1) is 0 Å². The number of carbonyl (C=O) groups excluding carboxylic acids is 1. The standard InChI is InChI=1S/C78H149NO13/c1-3-5-7-9-11-13-15-17-19-21-23-25-27-29-31-33-35-37-39-41-43-45-47-49-51-53-55-57-59-61-67(82)66(65-89-77-75(88)73(86)76(69(64-81)91-77)92-78-74(87)72(85)71(84)68(63-80)90-78)79-70(83)62-60-58-56-54-52-50-48-46-44-42-40-38-36-34-32-30-28-26-24-22-20-18-16-14-12-10-8-6-4-2/h16,18,22,24,66-69,71-78,80-82,84-88H,3-15,17,19-21,23,25-65H2,1-2H3,(H,79,83)/b18-16-,24-22-. The van der Waals surface area contributed by atoms with Gasteiger partial charge in [-0.15, -0.1) is 0 Å². The number of carbonyl (C=O) groups is 1. The lowest BCUT2D eigenvalue weighted by molar-refractivity contribution is -0.359. The van der Waals surface area contributed by atoms with Gasteiger partial charge in [-0.05, 0) is 44.9 Å². The molecule has 2 aliphatic rings. The molecule has 12 unspecified atom stereocenters. The first-order valence-electron chi connectivity index (χ1n) is 39.6. The third-order valence-corrected chi connectivity index (χ3v) is 19.7. The summed E-state index contributed by atoms with van der Waals surface area (Å²) in [6.07, 6.45) is 63.5. The van der Waals surface area contributed by atoms with Gasteiger partial charge in [0.2, 0.25) is 5.91 Å². The molecule has 0 radical (unpaired) electrons. The molecule has 0 aromatic heterocycles. The fourth-order valence-corrected chi connectivity index (χ4v) is 13.4. The Morgan fingerprint density at radius 1 is 0.391 bits per heavy atom. The maximum atomic E-state index is 13.4. The second-order valence-corrected chi connectivity index (χ2v) is 28.2. The van der Waals surface area contributed by atoms with Crippen molar-refractivity contribution in [1.29, 1.82) is 0 Å². The van der Waals surface area contributed by atoms with E-state index in [0.29, 0.717) is 12.8 Å². The van der Waals surface area contributed by atoms with Crippen LogP contribution in [0.5, 0.6) is 0 Å². The van der Waals surface area contributed by atoms with Crippen LogP contribution in [-0.4, -0.2) is 140 Å². The van der Waals surface area contributed by atoms with Crippen LogP contribution < -0.4 is 5.32 Å². The smallest absolute Gasteiger partial charge is 0.220 e. The van der Waals surface area contributed by atoms with Crippen LogP contribution in [0.15, 0.2) is 24.3 Å². The summed E-state index contributed by atoms with van der Waals surface area (Å²) >= 11 is 0. The van der Waals surface area contributed by atoms with E-state index in [1.54, 1.807) is 0 Å². The van der Waals surface area contributed by atoms with Gasteiger partial charge in [-0.3, -0.25) is 4.79 Å². The second kappa shape index (κ2) is 63.0. The van der Waals surface area contributed by atoms with Crippen molar-refractivity contribution in [2.45, 2.75) is 447 Å². The third-order valence-electron chi connectivity index (χ3n) is 19.7. The van der Waals surface area contributed by atoms with Gasteiger partial charge in [0.05, 0.1) is 32.0 Å². The summed E-state index contributed by atoms with van der Waals surface area (Å²) in [5, 5.41) is 87.8. The molecule has 92 heavy (non-hydrogen) atoms. The zero-order valence-corrected chi connectivity index (χ0v) is 59.6. The maximum Gasteiger partial charge on any atom is 0.220 e. The number of allylic oxidation sites excluding steroid dienone is 4. The van der Waals surface area contributed by atoms with Gasteiger partial charge < -0.3 is 65.1 Å². The van der Waals surface area contributed by atoms with Crippen LogP contribution >= 0.6 is 0 Å². The normalized spacial score (nSPS) is 22.7. The van der Waals surface area contributed by atoms with Crippen molar-refractivity contribution in [1.82, 2.24) is 5.32 Å². The van der Waals surface area contributed by atoms with Gasteiger partial charge in [-0.1, -0.05) is 346 Å². The Balaban J connectivity index is 1.61. The highest BCUT2D eigenvalue weighted by Crippen LogP contribution is 2.30. The zero-order valence-electron chi connectivity index (χ0n) is 59.6. The Hall–Kier alpha value is -1.53. The van der Waals surface area contributed by atoms with Gasteiger partial charge in [0.25, 0.3) is 0 Å². The summed E-state index contributed by atoms with van der Waals surface area (Å²) in [7, 11) is 0.